The Balaban J connectivity index is 4.37. The molecule has 0 aliphatic carbocycles. The number of carbonyl (C=O) groups is 3. The molecule has 7 nitrogen and oxygen atoms in total. The standard InChI is InChI=1S/C14H25NO6/c1-5-9(3)7-11(8-12(16)17)15-14(19)21-10(4)20-13(18)6-2/h9-11H,5-8H2,1-4H3,(H,15,19)(H,16,17)/t9-,10-,11+/m1/s1. The van der Waals surface area contributed by atoms with E-state index < -0.39 is 30.4 Å². The molecule has 0 aliphatic rings. The van der Waals surface area contributed by atoms with E-state index in [4.69, 9.17) is 14.6 Å². The predicted molar refractivity (Wildman–Crippen MR) is 75.6 cm³/mol. The van der Waals surface area contributed by atoms with Crippen LogP contribution < -0.4 is 5.32 Å². The van der Waals surface area contributed by atoms with Gasteiger partial charge >= 0.3 is 18.0 Å². The molecule has 3 atom stereocenters. The van der Waals surface area contributed by atoms with Crippen LogP contribution in [0.5, 0.6) is 0 Å². The molecule has 1 amide bonds. The molecule has 0 heterocycles. The number of carboxylic acids is 1. The molecule has 21 heavy (non-hydrogen) atoms. The molecular weight excluding hydrogens is 278 g/mol. The van der Waals surface area contributed by atoms with Gasteiger partial charge in [0.1, 0.15) is 0 Å². The van der Waals surface area contributed by atoms with E-state index in [1.807, 2.05) is 13.8 Å². The first kappa shape index (κ1) is 19.2. The lowest BCUT2D eigenvalue weighted by Crippen LogP contribution is -2.39. The van der Waals surface area contributed by atoms with Crippen molar-refractivity contribution in [3.63, 3.8) is 0 Å². The molecule has 0 rings (SSSR count). The van der Waals surface area contributed by atoms with Crippen molar-refractivity contribution in [2.75, 3.05) is 0 Å². The summed E-state index contributed by atoms with van der Waals surface area (Å²) < 4.78 is 9.66. The summed E-state index contributed by atoms with van der Waals surface area (Å²) >= 11 is 0. The van der Waals surface area contributed by atoms with Crippen LogP contribution in [0.1, 0.15) is 53.4 Å². The average molecular weight is 303 g/mol. The molecule has 0 aromatic rings. The molecule has 0 spiro atoms. The third-order valence-corrected chi connectivity index (χ3v) is 2.99. The van der Waals surface area contributed by atoms with E-state index in [2.05, 4.69) is 5.32 Å². The summed E-state index contributed by atoms with van der Waals surface area (Å²) in [6, 6.07) is -0.515. The highest BCUT2D eigenvalue weighted by molar-refractivity contribution is 5.72. The second-order valence-electron chi connectivity index (χ2n) is 5.00. The third-order valence-electron chi connectivity index (χ3n) is 2.99. The Morgan fingerprint density at radius 3 is 2.24 bits per heavy atom. The van der Waals surface area contributed by atoms with Crippen molar-refractivity contribution in [1.29, 1.82) is 0 Å². The number of carbonyl (C=O) groups excluding carboxylic acids is 2. The van der Waals surface area contributed by atoms with E-state index >= 15 is 0 Å². The van der Waals surface area contributed by atoms with E-state index in [1.54, 1.807) is 6.92 Å². The van der Waals surface area contributed by atoms with Crippen LogP contribution in [0, 0.1) is 5.92 Å². The fourth-order valence-corrected chi connectivity index (χ4v) is 1.70. The molecule has 0 aromatic carbocycles. The van der Waals surface area contributed by atoms with Crippen LogP contribution in [-0.2, 0) is 19.1 Å². The van der Waals surface area contributed by atoms with Gasteiger partial charge in [0, 0.05) is 19.4 Å². The van der Waals surface area contributed by atoms with E-state index in [1.165, 1.54) is 6.92 Å². The van der Waals surface area contributed by atoms with Gasteiger partial charge in [0.2, 0.25) is 6.29 Å². The molecule has 0 saturated carbocycles. The van der Waals surface area contributed by atoms with Gasteiger partial charge < -0.3 is 19.9 Å². The van der Waals surface area contributed by atoms with Crippen LogP contribution in [0.3, 0.4) is 0 Å². The molecule has 0 bridgehead atoms. The lowest BCUT2D eigenvalue weighted by molar-refractivity contribution is -0.164. The molecule has 122 valence electrons. The van der Waals surface area contributed by atoms with Gasteiger partial charge in [-0.15, -0.1) is 0 Å². The summed E-state index contributed by atoms with van der Waals surface area (Å²) in [6.45, 7) is 7.03. The number of rotatable bonds is 9. The van der Waals surface area contributed by atoms with Gasteiger partial charge in [0.25, 0.3) is 0 Å². The highest BCUT2D eigenvalue weighted by Gasteiger charge is 2.21. The molecule has 7 heteroatoms. The molecule has 2 N–H and O–H groups in total. The van der Waals surface area contributed by atoms with Crippen molar-refractivity contribution in [3.05, 3.63) is 0 Å². The van der Waals surface area contributed by atoms with Gasteiger partial charge in [-0.05, 0) is 12.3 Å². The Kier molecular flexibility index (Phi) is 9.16. The molecule has 0 unspecified atom stereocenters. The van der Waals surface area contributed by atoms with Gasteiger partial charge in [-0.25, -0.2) is 4.79 Å². The number of hydrogen-bond acceptors (Lipinski definition) is 5. The maximum atomic E-state index is 11.7. The average Bonchev–Trinajstić information content (AvgIpc) is 2.36. The molecule has 0 aliphatic heterocycles. The quantitative estimate of drug-likeness (QED) is 0.500. The SMILES string of the molecule is CCC(=O)O[C@@H](C)OC(=O)N[C@H](CC(=O)O)C[C@H](C)CC. The number of hydrogen-bond donors (Lipinski definition) is 2. The fraction of sp³-hybridized carbons (Fsp3) is 0.786. The minimum Gasteiger partial charge on any atom is -0.481 e. The predicted octanol–water partition coefficient (Wildman–Crippen LogP) is 2.29. The summed E-state index contributed by atoms with van der Waals surface area (Å²) in [4.78, 5) is 33.5. The van der Waals surface area contributed by atoms with Crippen LogP contribution in [0.2, 0.25) is 0 Å². The first-order chi connectivity index (χ1) is 9.78. The topological polar surface area (TPSA) is 102 Å². The largest absolute Gasteiger partial charge is 0.481 e. The minimum atomic E-state index is -1.01. The van der Waals surface area contributed by atoms with Gasteiger partial charge in [0.15, 0.2) is 0 Å². The van der Waals surface area contributed by atoms with E-state index in [-0.39, 0.29) is 18.8 Å². The van der Waals surface area contributed by atoms with Crippen molar-refractivity contribution in [3.8, 4) is 0 Å². The van der Waals surface area contributed by atoms with Gasteiger partial charge in [-0.3, -0.25) is 9.59 Å². The van der Waals surface area contributed by atoms with Gasteiger partial charge in [-0.2, -0.15) is 0 Å². The smallest absolute Gasteiger partial charge is 0.410 e. The number of nitrogens with one attached hydrogen (secondary N) is 1. The highest BCUT2D eigenvalue weighted by Crippen LogP contribution is 2.12. The summed E-state index contributed by atoms with van der Waals surface area (Å²) in [5.41, 5.74) is 0. The number of carboxylic acid groups (broad SMARTS) is 1. The zero-order valence-electron chi connectivity index (χ0n) is 13.0. The van der Waals surface area contributed by atoms with E-state index in [0.717, 1.165) is 6.42 Å². The molecule has 0 fully saturated rings. The van der Waals surface area contributed by atoms with Crippen molar-refractivity contribution in [2.24, 2.45) is 5.92 Å². The molecule has 0 aromatic heterocycles. The first-order valence-corrected chi connectivity index (χ1v) is 7.16. The zero-order valence-corrected chi connectivity index (χ0v) is 13.0. The second kappa shape index (κ2) is 10.0. The summed E-state index contributed by atoms with van der Waals surface area (Å²) in [5, 5.41) is 11.4. The number of amides is 1. The maximum absolute atomic E-state index is 11.7. The maximum Gasteiger partial charge on any atom is 0.410 e. The van der Waals surface area contributed by atoms with Crippen LogP contribution in [-0.4, -0.2) is 35.5 Å². The third kappa shape index (κ3) is 9.70. The van der Waals surface area contributed by atoms with Gasteiger partial charge in [-0.1, -0.05) is 27.2 Å². The molecule has 0 radical (unpaired) electrons. The second-order valence-corrected chi connectivity index (χ2v) is 5.00. The number of ether oxygens (including phenoxy) is 2. The normalized spacial score (nSPS) is 14.7. The Morgan fingerprint density at radius 1 is 1.14 bits per heavy atom. The molecular formula is C14H25NO6. The number of aliphatic carboxylic acids is 1. The van der Waals surface area contributed by atoms with Crippen molar-refractivity contribution in [1.82, 2.24) is 5.32 Å². The Bertz CT molecular complexity index is 357. The highest BCUT2D eigenvalue weighted by atomic mass is 16.7. The van der Waals surface area contributed by atoms with Crippen LogP contribution >= 0.6 is 0 Å². The van der Waals surface area contributed by atoms with Crippen molar-refractivity contribution < 1.29 is 29.0 Å². The Labute approximate surface area is 125 Å². The zero-order chi connectivity index (χ0) is 16.4. The van der Waals surface area contributed by atoms with Crippen LogP contribution in [0.15, 0.2) is 0 Å². The Morgan fingerprint density at radius 2 is 1.76 bits per heavy atom. The number of esters is 1. The first-order valence-electron chi connectivity index (χ1n) is 7.16. The van der Waals surface area contributed by atoms with Crippen LogP contribution in [0.25, 0.3) is 0 Å². The lowest BCUT2D eigenvalue weighted by atomic mass is 9.97. The van der Waals surface area contributed by atoms with Crippen molar-refractivity contribution >= 4 is 18.0 Å². The summed E-state index contributed by atoms with van der Waals surface area (Å²) in [6.07, 6.45) is -0.362. The summed E-state index contributed by atoms with van der Waals surface area (Å²) in [5.74, 6) is -1.18. The summed E-state index contributed by atoms with van der Waals surface area (Å²) in [7, 11) is 0. The van der Waals surface area contributed by atoms with E-state index in [9.17, 15) is 14.4 Å². The molecule has 0 saturated heterocycles. The lowest BCUT2D eigenvalue weighted by Gasteiger charge is -2.21. The monoisotopic (exact) mass is 303 g/mol. The van der Waals surface area contributed by atoms with Crippen molar-refractivity contribution in [2.45, 2.75) is 65.7 Å². The fourth-order valence-electron chi connectivity index (χ4n) is 1.70. The van der Waals surface area contributed by atoms with E-state index in [0.29, 0.717) is 6.42 Å². The van der Waals surface area contributed by atoms with Crippen LogP contribution in [0.4, 0.5) is 4.79 Å². The Hall–Kier alpha value is -1.79. The number of alkyl carbamates (subject to hydrolysis) is 1. The van der Waals surface area contributed by atoms with Gasteiger partial charge in [0.05, 0.1) is 6.42 Å². The minimum absolute atomic E-state index is 0.178.